The summed E-state index contributed by atoms with van der Waals surface area (Å²) in [7, 11) is 0. The van der Waals surface area contributed by atoms with Crippen molar-refractivity contribution in [2.75, 3.05) is 0 Å². The number of rotatable bonds is 3. The van der Waals surface area contributed by atoms with E-state index in [0.717, 1.165) is 5.56 Å². The van der Waals surface area contributed by atoms with Gasteiger partial charge in [0, 0.05) is 12.6 Å². The van der Waals surface area contributed by atoms with Crippen LogP contribution in [0.1, 0.15) is 24.7 Å². The van der Waals surface area contributed by atoms with E-state index < -0.39 is 17.2 Å². The highest BCUT2D eigenvalue weighted by atomic mass is 35.5. The Balaban J connectivity index is 1.99. The van der Waals surface area contributed by atoms with Gasteiger partial charge in [-0.05, 0) is 25.0 Å². The van der Waals surface area contributed by atoms with Crippen LogP contribution in [0, 0.1) is 0 Å². The smallest absolute Gasteiger partial charge is 0.347 e. The lowest BCUT2D eigenvalue weighted by atomic mass is 10.00. The lowest BCUT2D eigenvalue weighted by Crippen LogP contribution is -2.43. The number of hydrogen-bond acceptors (Lipinski definition) is 4. The third-order valence-electron chi connectivity index (χ3n) is 3.82. The SMILES string of the molecule is C[C@@]1(C(=O)O)CCc2nn(Cc3ccc(Cl)nc3)c(=O)n21. The molecule has 0 aromatic carbocycles. The summed E-state index contributed by atoms with van der Waals surface area (Å²) < 4.78 is 2.54. The first-order valence-electron chi connectivity index (χ1n) is 6.45. The number of carboxylic acid groups (broad SMARTS) is 1. The number of carbonyl (C=O) groups is 1. The molecule has 0 radical (unpaired) electrons. The maximum atomic E-state index is 12.4. The van der Waals surface area contributed by atoms with E-state index in [1.807, 2.05) is 0 Å². The summed E-state index contributed by atoms with van der Waals surface area (Å²) in [6.07, 6.45) is 2.42. The van der Waals surface area contributed by atoms with Crippen LogP contribution < -0.4 is 5.69 Å². The summed E-state index contributed by atoms with van der Waals surface area (Å²) in [5, 5.41) is 14.0. The zero-order chi connectivity index (χ0) is 15.2. The minimum atomic E-state index is -1.22. The van der Waals surface area contributed by atoms with Gasteiger partial charge in [-0.2, -0.15) is 5.10 Å². The van der Waals surface area contributed by atoms with Gasteiger partial charge in [0.15, 0.2) is 0 Å². The van der Waals surface area contributed by atoms with Crippen molar-refractivity contribution in [3.63, 3.8) is 0 Å². The number of aryl methyl sites for hydroxylation is 1. The van der Waals surface area contributed by atoms with Gasteiger partial charge in [-0.1, -0.05) is 17.7 Å². The maximum absolute atomic E-state index is 12.4. The molecule has 1 aliphatic rings. The average Bonchev–Trinajstić information content (AvgIpc) is 2.93. The summed E-state index contributed by atoms with van der Waals surface area (Å²) in [5.41, 5.74) is -0.860. The van der Waals surface area contributed by atoms with Gasteiger partial charge in [0.05, 0.1) is 6.54 Å². The largest absolute Gasteiger partial charge is 0.479 e. The number of nitrogens with zero attached hydrogens (tertiary/aromatic N) is 4. The lowest BCUT2D eigenvalue weighted by Gasteiger charge is -2.19. The van der Waals surface area contributed by atoms with Crippen LogP contribution in [-0.4, -0.2) is 30.4 Å². The molecule has 0 unspecified atom stereocenters. The summed E-state index contributed by atoms with van der Waals surface area (Å²) in [6.45, 7) is 1.78. The number of fused-ring (bicyclic) bond motifs is 1. The van der Waals surface area contributed by atoms with Crippen molar-refractivity contribution in [3.8, 4) is 0 Å². The fourth-order valence-electron chi connectivity index (χ4n) is 2.56. The highest BCUT2D eigenvalue weighted by Gasteiger charge is 2.44. The Morgan fingerprint density at radius 1 is 1.52 bits per heavy atom. The van der Waals surface area contributed by atoms with Gasteiger partial charge >= 0.3 is 11.7 Å². The van der Waals surface area contributed by atoms with E-state index in [-0.39, 0.29) is 6.54 Å². The fraction of sp³-hybridized carbons (Fsp3) is 0.385. The van der Waals surface area contributed by atoms with E-state index in [1.165, 1.54) is 9.25 Å². The Bertz CT molecular complexity index is 765. The number of pyridine rings is 1. The third kappa shape index (κ3) is 2.13. The first-order valence-corrected chi connectivity index (χ1v) is 6.82. The van der Waals surface area contributed by atoms with Crippen LogP contribution in [0.25, 0.3) is 0 Å². The second-order valence-electron chi connectivity index (χ2n) is 5.26. The molecule has 1 N–H and O–H groups in total. The second-order valence-corrected chi connectivity index (χ2v) is 5.65. The fourth-order valence-corrected chi connectivity index (χ4v) is 2.67. The van der Waals surface area contributed by atoms with Crippen LogP contribution in [0.3, 0.4) is 0 Å². The van der Waals surface area contributed by atoms with E-state index >= 15 is 0 Å². The normalized spacial score (nSPS) is 20.5. The maximum Gasteiger partial charge on any atom is 0.347 e. The second kappa shape index (κ2) is 4.70. The molecule has 21 heavy (non-hydrogen) atoms. The van der Waals surface area contributed by atoms with Crippen LogP contribution in [0.5, 0.6) is 0 Å². The van der Waals surface area contributed by atoms with Crippen LogP contribution in [0.15, 0.2) is 23.1 Å². The van der Waals surface area contributed by atoms with Crippen molar-refractivity contribution in [3.05, 3.63) is 45.4 Å². The lowest BCUT2D eigenvalue weighted by molar-refractivity contribution is -0.146. The Morgan fingerprint density at radius 3 is 2.90 bits per heavy atom. The minimum Gasteiger partial charge on any atom is -0.479 e. The molecule has 2 aromatic heterocycles. The van der Waals surface area contributed by atoms with E-state index in [1.54, 1.807) is 25.3 Å². The summed E-state index contributed by atoms with van der Waals surface area (Å²) in [4.78, 5) is 27.8. The molecule has 0 bridgehead atoms. The van der Waals surface area contributed by atoms with Crippen molar-refractivity contribution < 1.29 is 9.90 Å². The number of halogens is 1. The molecule has 0 saturated heterocycles. The van der Waals surface area contributed by atoms with Gasteiger partial charge in [-0.3, -0.25) is 4.57 Å². The van der Waals surface area contributed by atoms with Gasteiger partial charge in [0.25, 0.3) is 0 Å². The Labute approximate surface area is 124 Å². The third-order valence-corrected chi connectivity index (χ3v) is 4.04. The first-order chi connectivity index (χ1) is 9.91. The Kier molecular flexibility index (Phi) is 3.09. The van der Waals surface area contributed by atoms with Crippen LogP contribution in [0.2, 0.25) is 5.15 Å². The van der Waals surface area contributed by atoms with Gasteiger partial charge in [-0.25, -0.2) is 19.3 Å². The summed E-state index contributed by atoms with van der Waals surface area (Å²) in [5.74, 6) is -0.511. The average molecular weight is 309 g/mol. The molecule has 7 nitrogen and oxygen atoms in total. The van der Waals surface area contributed by atoms with E-state index in [4.69, 9.17) is 11.6 Å². The molecular weight excluding hydrogens is 296 g/mol. The van der Waals surface area contributed by atoms with Gasteiger partial charge < -0.3 is 5.11 Å². The predicted molar refractivity (Wildman–Crippen MR) is 74.4 cm³/mol. The molecule has 3 rings (SSSR count). The number of hydrogen-bond donors (Lipinski definition) is 1. The number of carboxylic acids is 1. The molecule has 1 atom stereocenters. The highest BCUT2D eigenvalue weighted by Crippen LogP contribution is 2.29. The minimum absolute atomic E-state index is 0.235. The zero-order valence-electron chi connectivity index (χ0n) is 11.3. The molecular formula is C13H13ClN4O3. The van der Waals surface area contributed by atoms with Crippen molar-refractivity contribution in [2.45, 2.75) is 31.8 Å². The van der Waals surface area contributed by atoms with Crippen LogP contribution in [-0.2, 0) is 23.3 Å². The van der Waals surface area contributed by atoms with Gasteiger partial charge in [-0.15, -0.1) is 0 Å². The monoisotopic (exact) mass is 308 g/mol. The standard InChI is InChI=1S/C13H13ClN4O3/c1-13(11(19)20)5-4-10-16-17(12(21)18(10)13)7-8-2-3-9(14)15-6-8/h2-3,6H,4-5,7H2,1H3,(H,19,20)/t13-/m0/s1. The predicted octanol–water partition coefficient (Wildman–Crippen LogP) is 0.887. The number of aliphatic carboxylic acids is 1. The van der Waals surface area contributed by atoms with Crippen molar-refractivity contribution in [2.24, 2.45) is 0 Å². The van der Waals surface area contributed by atoms with Gasteiger partial charge in [0.1, 0.15) is 16.5 Å². The van der Waals surface area contributed by atoms with Crippen molar-refractivity contribution in [1.82, 2.24) is 19.3 Å². The number of aromatic nitrogens is 4. The Hall–Kier alpha value is -2.15. The molecule has 110 valence electrons. The van der Waals surface area contributed by atoms with Crippen LogP contribution in [0.4, 0.5) is 0 Å². The van der Waals surface area contributed by atoms with E-state index in [0.29, 0.717) is 23.8 Å². The van der Waals surface area contributed by atoms with Gasteiger partial charge in [0.2, 0.25) is 0 Å². The summed E-state index contributed by atoms with van der Waals surface area (Å²) >= 11 is 5.71. The summed E-state index contributed by atoms with van der Waals surface area (Å²) in [6, 6.07) is 3.38. The molecule has 8 heteroatoms. The highest BCUT2D eigenvalue weighted by molar-refractivity contribution is 6.29. The molecule has 0 amide bonds. The molecule has 0 spiro atoms. The van der Waals surface area contributed by atoms with Crippen molar-refractivity contribution >= 4 is 17.6 Å². The van der Waals surface area contributed by atoms with Crippen LogP contribution >= 0.6 is 11.6 Å². The Morgan fingerprint density at radius 2 is 2.29 bits per heavy atom. The molecule has 3 heterocycles. The molecule has 0 fully saturated rings. The molecule has 0 aliphatic carbocycles. The molecule has 0 saturated carbocycles. The molecule has 2 aromatic rings. The topological polar surface area (TPSA) is 90.0 Å². The molecule has 1 aliphatic heterocycles. The zero-order valence-corrected chi connectivity index (χ0v) is 12.0. The first kappa shape index (κ1) is 13.8. The van der Waals surface area contributed by atoms with E-state index in [2.05, 4.69) is 10.1 Å². The van der Waals surface area contributed by atoms with Crippen molar-refractivity contribution in [1.29, 1.82) is 0 Å². The quantitative estimate of drug-likeness (QED) is 0.850. The van der Waals surface area contributed by atoms with E-state index in [9.17, 15) is 14.7 Å².